The quantitative estimate of drug-likeness (QED) is 0.755. The highest BCUT2D eigenvalue weighted by Crippen LogP contribution is 2.18. The summed E-state index contributed by atoms with van der Waals surface area (Å²) in [5, 5.41) is 18.9. The lowest BCUT2D eigenvalue weighted by Gasteiger charge is -2.24. The minimum absolute atomic E-state index is 0.0829. The van der Waals surface area contributed by atoms with E-state index in [0.717, 1.165) is 11.3 Å². The van der Waals surface area contributed by atoms with Gasteiger partial charge in [0.15, 0.2) is 0 Å². The highest BCUT2D eigenvalue weighted by molar-refractivity contribution is 5.79. The molecule has 1 fully saturated rings. The Morgan fingerprint density at radius 3 is 2.52 bits per heavy atom. The Morgan fingerprint density at radius 1 is 1.30 bits per heavy atom. The number of aliphatic carboxylic acids is 1. The molecule has 1 aromatic carbocycles. The zero-order valence-electron chi connectivity index (χ0n) is 13.3. The second-order valence-electron chi connectivity index (χ2n) is 5.77. The standard InChI is InChI=1S/C16H22N2O5/c1-17(10-16(21)22)13-8-18(9-14(13)19)15(20)7-11-3-5-12(23-2)6-4-11/h3-6,13-14,19H,7-10H2,1-2H3,(H,21,22)/t13-,14-/m1/s1. The number of nitrogens with zero attached hydrogens (tertiary/aromatic N) is 2. The van der Waals surface area contributed by atoms with E-state index in [1.807, 2.05) is 12.1 Å². The van der Waals surface area contributed by atoms with E-state index in [0.29, 0.717) is 6.54 Å². The van der Waals surface area contributed by atoms with E-state index < -0.39 is 12.1 Å². The molecule has 0 radical (unpaired) electrons. The molecule has 0 saturated carbocycles. The van der Waals surface area contributed by atoms with Gasteiger partial charge in [-0.25, -0.2) is 0 Å². The van der Waals surface area contributed by atoms with Gasteiger partial charge in [0, 0.05) is 13.1 Å². The van der Waals surface area contributed by atoms with E-state index >= 15 is 0 Å². The molecule has 23 heavy (non-hydrogen) atoms. The Kier molecular flexibility index (Phi) is 5.57. The van der Waals surface area contributed by atoms with Crippen molar-refractivity contribution in [1.82, 2.24) is 9.80 Å². The predicted octanol–water partition coefficient (Wildman–Crippen LogP) is -0.174. The summed E-state index contributed by atoms with van der Waals surface area (Å²) in [5.74, 6) is -0.309. The van der Waals surface area contributed by atoms with Crippen molar-refractivity contribution in [2.45, 2.75) is 18.6 Å². The van der Waals surface area contributed by atoms with E-state index in [1.165, 1.54) is 0 Å². The van der Waals surface area contributed by atoms with Gasteiger partial charge in [0.25, 0.3) is 0 Å². The van der Waals surface area contributed by atoms with Crippen LogP contribution in [-0.2, 0) is 16.0 Å². The third-order valence-electron chi connectivity index (χ3n) is 4.08. The topological polar surface area (TPSA) is 90.3 Å². The third-order valence-corrected chi connectivity index (χ3v) is 4.08. The number of methoxy groups -OCH3 is 1. The van der Waals surface area contributed by atoms with Crippen molar-refractivity contribution in [3.05, 3.63) is 29.8 Å². The molecule has 1 heterocycles. The minimum Gasteiger partial charge on any atom is -0.497 e. The summed E-state index contributed by atoms with van der Waals surface area (Å²) in [4.78, 5) is 26.3. The normalized spacial score (nSPS) is 20.8. The van der Waals surface area contributed by atoms with Crippen molar-refractivity contribution >= 4 is 11.9 Å². The Bertz CT molecular complexity index is 560. The molecule has 1 aliphatic rings. The van der Waals surface area contributed by atoms with Gasteiger partial charge in [0.05, 0.1) is 32.2 Å². The van der Waals surface area contributed by atoms with Crippen LogP contribution in [0.5, 0.6) is 5.75 Å². The summed E-state index contributed by atoms with van der Waals surface area (Å²) in [5.41, 5.74) is 0.868. The summed E-state index contributed by atoms with van der Waals surface area (Å²) in [6, 6.07) is 6.90. The molecule has 1 aliphatic heterocycles. The van der Waals surface area contributed by atoms with Crippen molar-refractivity contribution in [3.63, 3.8) is 0 Å². The number of aliphatic hydroxyl groups excluding tert-OH is 1. The lowest BCUT2D eigenvalue weighted by Crippen LogP contribution is -2.43. The summed E-state index contributed by atoms with van der Waals surface area (Å²) in [6.45, 7) is 0.395. The molecule has 1 aromatic rings. The van der Waals surface area contributed by atoms with E-state index in [1.54, 1.807) is 36.1 Å². The first-order valence-corrected chi connectivity index (χ1v) is 7.41. The van der Waals surface area contributed by atoms with Crippen LogP contribution in [0.1, 0.15) is 5.56 Å². The number of β-amino-alcohol motifs (C(OH)–C–C–N with tert-alkyl or cyclic N) is 1. The molecule has 1 saturated heterocycles. The Labute approximate surface area is 135 Å². The molecular formula is C16H22N2O5. The molecule has 126 valence electrons. The number of carboxylic acid groups (broad SMARTS) is 1. The fourth-order valence-electron chi connectivity index (χ4n) is 2.77. The van der Waals surface area contributed by atoms with Gasteiger partial charge in [-0.2, -0.15) is 0 Å². The summed E-state index contributed by atoms with van der Waals surface area (Å²) < 4.78 is 5.08. The van der Waals surface area contributed by atoms with Crippen LogP contribution in [-0.4, -0.2) is 77.8 Å². The third kappa shape index (κ3) is 4.43. The number of ether oxygens (including phenoxy) is 1. The van der Waals surface area contributed by atoms with Crippen molar-refractivity contribution in [2.75, 3.05) is 33.8 Å². The SMILES string of the molecule is COc1ccc(CC(=O)N2C[C@@H](O)[C@H](N(C)CC(=O)O)C2)cc1. The highest BCUT2D eigenvalue weighted by atomic mass is 16.5. The number of hydrogen-bond acceptors (Lipinski definition) is 5. The molecule has 7 heteroatoms. The van der Waals surface area contributed by atoms with Gasteiger partial charge in [0.1, 0.15) is 5.75 Å². The molecule has 7 nitrogen and oxygen atoms in total. The number of rotatable bonds is 6. The minimum atomic E-state index is -0.956. The van der Waals surface area contributed by atoms with Crippen molar-refractivity contribution in [1.29, 1.82) is 0 Å². The summed E-state index contributed by atoms with van der Waals surface area (Å²) >= 11 is 0. The van der Waals surface area contributed by atoms with E-state index in [4.69, 9.17) is 9.84 Å². The number of carbonyl (C=O) groups excluding carboxylic acids is 1. The lowest BCUT2D eigenvalue weighted by molar-refractivity contribution is -0.138. The second-order valence-corrected chi connectivity index (χ2v) is 5.77. The monoisotopic (exact) mass is 322 g/mol. The molecule has 1 amide bonds. The number of aliphatic hydroxyl groups is 1. The first-order valence-electron chi connectivity index (χ1n) is 7.41. The second kappa shape index (κ2) is 7.43. The number of benzene rings is 1. The van der Waals surface area contributed by atoms with Crippen LogP contribution in [0, 0.1) is 0 Å². The molecule has 2 N–H and O–H groups in total. The fraction of sp³-hybridized carbons (Fsp3) is 0.500. The average molecular weight is 322 g/mol. The average Bonchev–Trinajstić information content (AvgIpc) is 2.89. The van der Waals surface area contributed by atoms with E-state index in [2.05, 4.69) is 0 Å². The summed E-state index contributed by atoms with van der Waals surface area (Å²) in [7, 11) is 3.22. The van der Waals surface area contributed by atoms with Gasteiger partial charge in [-0.05, 0) is 24.7 Å². The van der Waals surface area contributed by atoms with Crippen LogP contribution in [0.25, 0.3) is 0 Å². The van der Waals surface area contributed by atoms with Gasteiger partial charge < -0.3 is 19.8 Å². The van der Waals surface area contributed by atoms with Gasteiger partial charge in [-0.1, -0.05) is 12.1 Å². The van der Waals surface area contributed by atoms with Crippen LogP contribution in [0.4, 0.5) is 0 Å². The van der Waals surface area contributed by atoms with Gasteiger partial charge in [0.2, 0.25) is 5.91 Å². The predicted molar refractivity (Wildman–Crippen MR) is 83.3 cm³/mol. The maximum Gasteiger partial charge on any atom is 0.317 e. The molecule has 0 aromatic heterocycles. The molecule has 2 rings (SSSR count). The van der Waals surface area contributed by atoms with E-state index in [-0.39, 0.29) is 31.5 Å². The van der Waals surface area contributed by atoms with Crippen LogP contribution in [0.2, 0.25) is 0 Å². The zero-order chi connectivity index (χ0) is 17.0. The Hall–Kier alpha value is -2.12. The highest BCUT2D eigenvalue weighted by Gasteiger charge is 2.36. The van der Waals surface area contributed by atoms with Crippen LogP contribution < -0.4 is 4.74 Å². The summed E-state index contributed by atoms with van der Waals surface area (Å²) in [6.07, 6.45) is -0.495. The van der Waals surface area contributed by atoms with E-state index in [9.17, 15) is 14.7 Å². The molecule has 0 aliphatic carbocycles. The zero-order valence-corrected chi connectivity index (χ0v) is 13.3. The molecule has 0 spiro atoms. The van der Waals surface area contributed by atoms with Crippen molar-refractivity contribution < 1.29 is 24.5 Å². The maximum atomic E-state index is 12.4. The lowest BCUT2D eigenvalue weighted by atomic mass is 10.1. The van der Waals surface area contributed by atoms with Crippen LogP contribution in [0.3, 0.4) is 0 Å². The number of carboxylic acids is 1. The van der Waals surface area contributed by atoms with Gasteiger partial charge in [-0.3, -0.25) is 14.5 Å². The number of amides is 1. The van der Waals surface area contributed by atoms with Crippen molar-refractivity contribution in [2.24, 2.45) is 0 Å². The molecular weight excluding hydrogens is 300 g/mol. The molecule has 0 unspecified atom stereocenters. The number of likely N-dealkylation sites (N-methyl/N-ethyl adjacent to an activating group) is 1. The first-order chi connectivity index (χ1) is 10.9. The number of likely N-dealkylation sites (tertiary alicyclic amines) is 1. The van der Waals surface area contributed by atoms with Crippen LogP contribution >= 0.6 is 0 Å². The first kappa shape index (κ1) is 17.2. The Balaban J connectivity index is 1.93. The van der Waals surface area contributed by atoms with Crippen LogP contribution in [0.15, 0.2) is 24.3 Å². The largest absolute Gasteiger partial charge is 0.497 e. The maximum absolute atomic E-state index is 12.4. The number of hydrogen-bond donors (Lipinski definition) is 2. The fourth-order valence-corrected chi connectivity index (χ4v) is 2.77. The van der Waals surface area contributed by atoms with Gasteiger partial charge in [-0.15, -0.1) is 0 Å². The van der Waals surface area contributed by atoms with Crippen molar-refractivity contribution in [3.8, 4) is 5.75 Å². The Morgan fingerprint density at radius 2 is 1.96 bits per heavy atom. The smallest absolute Gasteiger partial charge is 0.317 e. The molecule has 0 bridgehead atoms. The number of carbonyl (C=O) groups is 2. The molecule has 2 atom stereocenters. The van der Waals surface area contributed by atoms with Gasteiger partial charge >= 0.3 is 5.97 Å².